The molecule has 1 aromatic rings. The highest BCUT2D eigenvalue weighted by Gasteiger charge is 2.20. The number of thiophene rings is 1. The molecule has 0 bridgehead atoms. The molecule has 0 aromatic carbocycles. The summed E-state index contributed by atoms with van der Waals surface area (Å²) in [7, 11) is 0. The van der Waals surface area contributed by atoms with E-state index in [-0.39, 0.29) is 5.91 Å². The van der Waals surface area contributed by atoms with E-state index in [1.807, 2.05) is 11.3 Å². The van der Waals surface area contributed by atoms with Crippen LogP contribution in [0.15, 0.2) is 17.5 Å². The molecule has 2 rings (SSSR count). The van der Waals surface area contributed by atoms with Gasteiger partial charge in [0.25, 0.3) is 0 Å². The fourth-order valence-electron chi connectivity index (χ4n) is 2.91. The molecule has 23 heavy (non-hydrogen) atoms. The Morgan fingerprint density at radius 1 is 1.52 bits per heavy atom. The first kappa shape index (κ1) is 18.4. The molecule has 0 spiro atoms. The van der Waals surface area contributed by atoms with Crippen molar-refractivity contribution in [3.63, 3.8) is 0 Å². The van der Waals surface area contributed by atoms with Gasteiger partial charge in [0, 0.05) is 37.5 Å². The van der Waals surface area contributed by atoms with E-state index in [1.165, 1.54) is 24.3 Å². The van der Waals surface area contributed by atoms with Gasteiger partial charge in [0.2, 0.25) is 5.91 Å². The average molecular weight is 339 g/mol. The number of rotatable bonds is 9. The van der Waals surface area contributed by atoms with Crippen molar-refractivity contribution in [3.05, 3.63) is 22.4 Å². The van der Waals surface area contributed by atoms with Crippen LogP contribution in [0.5, 0.6) is 0 Å². The van der Waals surface area contributed by atoms with Gasteiger partial charge in [-0.25, -0.2) is 0 Å². The van der Waals surface area contributed by atoms with Crippen molar-refractivity contribution in [1.29, 1.82) is 0 Å². The number of amides is 1. The Morgan fingerprint density at radius 2 is 2.39 bits per heavy atom. The van der Waals surface area contributed by atoms with Crippen LogP contribution in [0, 0.1) is 11.8 Å². The van der Waals surface area contributed by atoms with Crippen molar-refractivity contribution in [2.75, 3.05) is 32.8 Å². The molecular formula is C18H30N2O2S. The van der Waals surface area contributed by atoms with Gasteiger partial charge in [-0.3, -0.25) is 9.69 Å². The van der Waals surface area contributed by atoms with Gasteiger partial charge in [-0.1, -0.05) is 19.9 Å². The predicted octanol–water partition coefficient (Wildman–Crippen LogP) is 3.14. The molecule has 2 heterocycles. The second kappa shape index (κ2) is 10.1. The standard InChI is InChI=1S/C18H30N2O2S/c1-15(2)14-22-9-7-18(21)19-11-16-5-3-8-20(12-16)13-17-6-4-10-23-17/h4,6,10,15-16H,3,5,7-9,11-14H2,1-2H3,(H,19,21)/t16-/m1/s1. The predicted molar refractivity (Wildman–Crippen MR) is 95.6 cm³/mol. The molecule has 4 nitrogen and oxygen atoms in total. The van der Waals surface area contributed by atoms with Gasteiger partial charge in [-0.05, 0) is 42.7 Å². The maximum absolute atomic E-state index is 11.9. The van der Waals surface area contributed by atoms with Gasteiger partial charge in [-0.15, -0.1) is 11.3 Å². The Balaban J connectivity index is 1.60. The van der Waals surface area contributed by atoms with Crippen LogP contribution >= 0.6 is 11.3 Å². The van der Waals surface area contributed by atoms with E-state index in [0.29, 0.717) is 24.9 Å². The number of ether oxygens (including phenoxy) is 1. The van der Waals surface area contributed by atoms with Crippen LogP contribution in [0.25, 0.3) is 0 Å². The van der Waals surface area contributed by atoms with Gasteiger partial charge in [0.1, 0.15) is 0 Å². The number of nitrogens with zero attached hydrogens (tertiary/aromatic N) is 1. The maximum atomic E-state index is 11.9. The molecule has 1 aromatic heterocycles. The normalized spacial score (nSPS) is 19.2. The molecule has 0 saturated carbocycles. The first-order valence-corrected chi connectivity index (χ1v) is 9.60. The zero-order chi connectivity index (χ0) is 16.5. The quantitative estimate of drug-likeness (QED) is 0.703. The third kappa shape index (κ3) is 7.46. The molecule has 0 radical (unpaired) electrons. The van der Waals surface area contributed by atoms with Crippen LogP contribution in [-0.4, -0.2) is 43.7 Å². The fraction of sp³-hybridized carbons (Fsp3) is 0.722. The van der Waals surface area contributed by atoms with Crippen molar-refractivity contribution in [1.82, 2.24) is 10.2 Å². The molecule has 5 heteroatoms. The van der Waals surface area contributed by atoms with E-state index in [9.17, 15) is 4.79 Å². The van der Waals surface area contributed by atoms with Crippen LogP contribution in [0.3, 0.4) is 0 Å². The van der Waals surface area contributed by atoms with E-state index >= 15 is 0 Å². The van der Waals surface area contributed by atoms with Crippen molar-refractivity contribution in [3.8, 4) is 0 Å². The van der Waals surface area contributed by atoms with Crippen LogP contribution in [-0.2, 0) is 16.1 Å². The summed E-state index contributed by atoms with van der Waals surface area (Å²) in [6, 6.07) is 4.32. The Bertz CT molecular complexity index is 448. The minimum Gasteiger partial charge on any atom is -0.381 e. The van der Waals surface area contributed by atoms with Crippen molar-refractivity contribution in [2.24, 2.45) is 11.8 Å². The molecule has 1 amide bonds. The van der Waals surface area contributed by atoms with Gasteiger partial charge >= 0.3 is 0 Å². The van der Waals surface area contributed by atoms with Crippen LogP contribution in [0.4, 0.5) is 0 Å². The highest BCUT2D eigenvalue weighted by molar-refractivity contribution is 7.09. The molecule has 1 aliphatic heterocycles. The third-order valence-electron chi connectivity index (χ3n) is 4.08. The summed E-state index contributed by atoms with van der Waals surface area (Å²) in [5, 5.41) is 5.21. The van der Waals surface area contributed by atoms with Gasteiger partial charge in [0.15, 0.2) is 0 Å². The van der Waals surface area contributed by atoms with Crippen molar-refractivity contribution in [2.45, 2.75) is 39.7 Å². The lowest BCUT2D eigenvalue weighted by Gasteiger charge is -2.32. The second-order valence-electron chi connectivity index (χ2n) is 6.85. The molecular weight excluding hydrogens is 308 g/mol. The van der Waals surface area contributed by atoms with Gasteiger partial charge < -0.3 is 10.1 Å². The molecule has 130 valence electrons. The number of hydrogen-bond acceptors (Lipinski definition) is 4. The molecule has 0 aliphatic carbocycles. The lowest BCUT2D eigenvalue weighted by atomic mass is 9.98. The van der Waals surface area contributed by atoms with E-state index in [0.717, 1.165) is 26.2 Å². The number of hydrogen-bond donors (Lipinski definition) is 1. The van der Waals surface area contributed by atoms with E-state index < -0.39 is 0 Å². The zero-order valence-corrected chi connectivity index (χ0v) is 15.2. The molecule has 1 N–H and O–H groups in total. The number of likely N-dealkylation sites (tertiary alicyclic amines) is 1. The van der Waals surface area contributed by atoms with Gasteiger partial charge in [-0.2, -0.15) is 0 Å². The Morgan fingerprint density at radius 3 is 3.13 bits per heavy atom. The summed E-state index contributed by atoms with van der Waals surface area (Å²) in [5.41, 5.74) is 0. The Hall–Kier alpha value is -0.910. The van der Waals surface area contributed by atoms with Gasteiger partial charge in [0.05, 0.1) is 6.61 Å². The van der Waals surface area contributed by atoms with Crippen molar-refractivity contribution < 1.29 is 9.53 Å². The number of carbonyl (C=O) groups excluding carboxylic acids is 1. The fourth-order valence-corrected chi connectivity index (χ4v) is 3.66. The Labute approximate surface area is 144 Å². The van der Waals surface area contributed by atoms with E-state index in [4.69, 9.17) is 4.74 Å². The summed E-state index contributed by atoms with van der Waals surface area (Å²) >= 11 is 1.82. The summed E-state index contributed by atoms with van der Waals surface area (Å²) < 4.78 is 5.47. The SMILES string of the molecule is CC(C)COCCC(=O)NC[C@H]1CCCN(Cc2cccs2)C1. The average Bonchev–Trinajstić information content (AvgIpc) is 3.03. The first-order chi connectivity index (χ1) is 11.1. The maximum Gasteiger partial charge on any atom is 0.222 e. The number of piperidine rings is 1. The summed E-state index contributed by atoms with van der Waals surface area (Å²) in [5.74, 6) is 1.21. The molecule has 1 atom stereocenters. The minimum absolute atomic E-state index is 0.115. The third-order valence-corrected chi connectivity index (χ3v) is 4.94. The van der Waals surface area contributed by atoms with Crippen LogP contribution < -0.4 is 5.32 Å². The summed E-state index contributed by atoms with van der Waals surface area (Å²) in [6.07, 6.45) is 2.91. The largest absolute Gasteiger partial charge is 0.381 e. The minimum atomic E-state index is 0.115. The first-order valence-electron chi connectivity index (χ1n) is 8.72. The molecule has 1 fully saturated rings. The van der Waals surface area contributed by atoms with Crippen molar-refractivity contribution >= 4 is 17.2 Å². The number of carbonyl (C=O) groups is 1. The zero-order valence-electron chi connectivity index (χ0n) is 14.4. The van der Waals surface area contributed by atoms with Crippen LogP contribution in [0.1, 0.15) is 38.0 Å². The monoisotopic (exact) mass is 338 g/mol. The molecule has 1 aliphatic rings. The summed E-state index contributed by atoms with van der Waals surface area (Å²) in [6.45, 7) is 9.59. The lowest BCUT2D eigenvalue weighted by Crippen LogP contribution is -2.40. The number of nitrogens with one attached hydrogen (secondary N) is 1. The molecule has 1 saturated heterocycles. The van der Waals surface area contributed by atoms with E-state index in [1.54, 1.807) is 0 Å². The highest BCUT2D eigenvalue weighted by Crippen LogP contribution is 2.19. The highest BCUT2D eigenvalue weighted by atomic mass is 32.1. The Kier molecular flexibility index (Phi) is 8.06. The second-order valence-corrected chi connectivity index (χ2v) is 7.88. The summed E-state index contributed by atoms with van der Waals surface area (Å²) in [4.78, 5) is 15.8. The lowest BCUT2D eigenvalue weighted by molar-refractivity contribution is -0.122. The smallest absolute Gasteiger partial charge is 0.222 e. The van der Waals surface area contributed by atoms with Crippen LogP contribution in [0.2, 0.25) is 0 Å². The molecule has 0 unspecified atom stereocenters. The topological polar surface area (TPSA) is 41.6 Å². The van der Waals surface area contributed by atoms with E-state index in [2.05, 4.69) is 41.6 Å².